The first-order chi connectivity index (χ1) is 14.4. The minimum Gasteiger partial charge on any atom is -0.497 e. The largest absolute Gasteiger partial charge is 0.497 e. The summed E-state index contributed by atoms with van der Waals surface area (Å²) in [4.78, 5) is 28.2. The molecule has 1 aliphatic heterocycles. The van der Waals surface area contributed by atoms with Crippen molar-refractivity contribution in [2.75, 3.05) is 20.3 Å². The lowest BCUT2D eigenvalue weighted by Gasteiger charge is -2.15. The second kappa shape index (κ2) is 9.85. The van der Waals surface area contributed by atoms with Crippen molar-refractivity contribution >= 4 is 29.1 Å². The Morgan fingerprint density at radius 3 is 2.13 bits per heavy atom. The second-order valence-corrected chi connectivity index (χ2v) is 8.77. The lowest BCUT2D eigenvalue weighted by Crippen LogP contribution is -2.33. The van der Waals surface area contributed by atoms with Gasteiger partial charge in [0.05, 0.1) is 24.2 Å². The summed E-state index contributed by atoms with van der Waals surface area (Å²) in [6.45, 7) is 6.88. The van der Waals surface area contributed by atoms with Crippen LogP contribution in [0.4, 0.5) is 0 Å². The molecule has 0 atom stereocenters. The molecule has 0 bridgehead atoms. The highest BCUT2D eigenvalue weighted by atomic mass is 32.2. The lowest BCUT2D eigenvalue weighted by atomic mass is 10.1. The Labute approximate surface area is 182 Å². The van der Waals surface area contributed by atoms with Gasteiger partial charge in [0.25, 0.3) is 11.8 Å². The van der Waals surface area contributed by atoms with Crippen LogP contribution in [0.3, 0.4) is 0 Å². The van der Waals surface area contributed by atoms with Crippen LogP contribution in [0.5, 0.6) is 11.5 Å². The fourth-order valence-electron chi connectivity index (χ4n) is 3.27. The summed E-state index contributed by atoms with van der Waals surface area (Å²) in [6, 6.07) is 15.0. The molecule has 0 radical (unpaired) electrons. The number of imide groups is 1. The fourth-order valence-corrected chi connectivity index (χ4v) is 4.28. The Balaban J connectivity index is 1.82. The van der Waals surface area contributed by atoms with Crippen LogP contribution in [0.1, 0.15) is 31.9 Å². The molecule has 0 saturated heterocycles. The summed E-state index contributed by atoms with van der Waals surface area (Å²) in [7, 11) is 1.62. The van der Waals surface area contributed by atoms with E-state index in [4.69, 9.17) is 9.47 Å². The van der Waals surface area contributed by atoms with Gasteiger partial charge in [-0.2, -0.15) is 0 Å². The number of methoxy groups -OCH3 is 1. The molecule has 2 amide bonds. The van der Waals surface area contributed by atoms with E-state index >= 15 is 0 Å². The van der Waals surface area contributed by atoms with E-state index in [0.717, 1.165) is 22.6 Å². The van der Waals surface area contributed by atoms with Gasteiger partial charge < -0.3 is 9.47 Å². The number of thioether (sulfide) groups is 1. The van der Waals surface area contributed by atoms with E-state index in [9.17, 15) is 9.59 Å². The van der Waals surface area contributed by atoms with E-state index in [-0.39, 0.29) is 17.1 Å². The van der Waals surface area contributed by atoms with Crippen LogP contribution in [0.2, 0.25) is 0 Å². The standard InChI is InChI=1S/C24H27NO4S/c1-5-29-20-12-8-18(9-13-20)21-22(30-16(2)3)24(27)25(23(21)26)15-14-17-6-10-19(28-4)11-7-17/h6-13,16H,5,14-15H2,1-4H3. The van der Waals surface area contributed by atoms with Gasteiger partial charge in [-0.1, -0.05) is 38.1 Å². The summed E-state index contributed by atoms with van der Waals surface area (Å²) in [5.41, 5.74) is 2.27. The third-order valence-corrected chi connectivity index (χ3v) is 5.80. The van der Waals surface area contributed by atoms with E-state index in [0.29, 0.717) is 30.1 Å². The molecule has 0 aliphatic carbocycles. The van der Waals surface area contributed by atoms with Gasteiger partial charge in [-0.3, -0.25) is 14.5 Å². The maximum Gasteiger partial charge on any atom is 0.268 e. The third kappa shape index (κ3) is 4.87. The van der Waals surface area contributed by atoms with Crippen molar-refractivity contribution < 1.29 is 19.1 Å². The number of hydrogen-bond acceptors (Lipinski definition) is 5. The molecule has 0 unspecified atom stereocenters. The van der Waals surface area contributed by atoms with E-state index < -0.39 is 0 Å². The number of carbonyl (C=O) groups is 2. The van der Waals surface area contributed by atoms with Crippen LogP contribution in [-0.2, 0) is 16.0 Å². The summed E-state index contributed by atoms with van der Waals surface area (Å²) >= 11 is 1.44. The number of carbonyl (C=O) groups excluding carboxylic acids is 2. The highest BCUT2D eigenvalue weighted by molar-refractivity contribution is 8.04. The highest BCUT2D eigenvalue weighted by Gasteiger charge is 2.39. The lowest BCUT2D eigenvalue weighted by molar-refractivity contribution is -0.136. The van der Waals surface area contributed by atoms with Crippen molar-refractivity contribution in [2.24, 2.45) is 0 Å². The molecule has 5 nitrogen and oxygen atoms in total. The number of rotatable bonds is 9. The van der Waals surface area contributed by atoms with Crippen LogP contribution >= 0.6 is 11.8 Å². The molecule has 3 rings (SSSR count). The van der Waals surface area contributed by atoms with E-state index in [1.165, 1.54) is 16.7 Å². The molecule has 0 spiro atoms. The molecular weight excluding hydrogens is 398 g/mol. The van der Waals surface area contributed by atoms with Gasteiger partial charge in [0.2, 0.25) is 0 Å². The van der Waals surface area contributed by atoms with Gasteiger partial charge in [-0.25, -0.2) is 0 Å². The summed E-state index contributed by atoms with van der Waals surface area (Å²) in [5, 5.41) is 0.191. The monoisotopic (exact) mass is 425 g/mol. The first-order valence-electron chi connectivity index (χ1n) is 10.1. The molecule has 30 heavy (non-hydrogen) atoms. The van der Waals surface area contributed by atoms with Gasteiger partial charge in [-0.05, 0) is 48.7 Å². The SMILES string of the molecule is CCOc1ccc(C2=C(SC(C)C)C(=O)N(CCc3ccc(OC)cc3)C2=O)cc1. The smallest absolute Gasteiger partial charge is 0.268 e. The quantitative estimate of drug-likeness (QED) is 0.552. The first-order valence-corrected chi connectivity index (χ1v) is 11.0. The predicted octanol–water partition coefficient (Wildman–Crippen LogP) is 4.56. The van der Waals surface area contributed by atoms with Crippen LogP contribution in [0.25, 0.3) is 5.57 Å². The molecule has 158 valence electrons. The molecule has 1 heterocycles. The maximum absolute atomic E-state index is 13.2. The zero-order valence-electron chi connectivity index (χ0n) is 17.8. The van der Waals surface area contributed by atoms with E-state index in [1.54, 1.807) is 7.11 Å². The van der Waals surface area contributed by atoms with Crippen molar-refractivity contribution in [2.45, 2.75) is 32.4 Å². The molecule has 0 fully saturated rings. The highest BCUT2D eigenvalue weighted by Crippen LogP contribution is 2.38. The van der Waals surface area contributed by atoms with Crippen LogP contribution < -0.4 is 9.47 Å². The number of hydrogen-bond donors (Lipinski definition) is 0. The number of nitrogens with zero attached hydrogens (tertiary/aromatic N) is 1. The Kier molecular flexibility index (Phi) is 7.21. The summed E-state index contributed by atoms with van der Waals surface area (Å²) < 4.78 is 10.7. The van der Waals surface area contributed by atoms with Crippen molar-refractivity contribution in [3.05, 3.63) is 64.6 Å². The first kappa shape index (κ1) is 22.0. The Morgan fingerprint density at radius 2 is 1.57 bits per heavy atom. The zero-order valence-corrected chi connectivity index (χ0v) is 18.6. The Morgan fingerprint density at radius 1 is 0.933 bits per heavy atom. The van der Waals surface area contributed by atoms with Gasteiger partial charge >= 0.3 is 0 Å². The van der Waals surface area contributed by atoms with Gasteiger partial charge in [0, 0.05) is 11.8 Å². The minimum absolute atomic E-state index is 0.191. The summed E-state index contributed by atoms with van der Waals surface area (Å²) in [6.07, 6.45) is 0.595. The number of benzene rings is 2. The number of ether oxygens (including phenoxy) is 2. The van der Waals surface area contributed by atoms with Crippen LogP contribution in [0, 0.1) is 0 Å². The molecule has 2 aromatic rings. The molecule has 0 aromatic heterocycles. The Bertz CT molecular complexity index is 933. The van der Waals surface area contributed by atoms with Gasteiger partial charge in [-0.15, -0.1) is 11.8 Å². The Hall–Kier alpha value is -2.73. The average Bonchev–Trinajstić information content (AvgIpc) is 2.96. The van der Waals surface area contributed by atoms with Gasteiger partial charge in [0.15, 0.2) is 0 Å². The van der Waals surface area contributed by atoms with Crippen LogP contribution in [-0.4, -0.2) is 42.2 Å². The third-order valence-electron chi connectivity index (χ3n) is 4.72. The van der Waals surface area contributed by atoms with Crippen molar-refractivity contribution in [1.82, 2.24) is 4.90 Å². The normalized spacial score (nSPS) is 14.1. The molecule has 2 aromatic carbocycles. The van der Waals surface area contributed by atoms with E-state index in [1.807, 2.05) is 69.3 Å². The molecule has 1 aliphatic rings. The molecule has 0 saturated carbocycles. The van der Waals surface area contributed by atoms with Gasteiger partial charge in [0.1, 0.15) is 11.5 Å². The van der Waals surface area contributed by atoms with Crippen molar-refractivity contribution in [1.29, 1.82) is 0 Å². The minimum atomic E-state index is -0.235. The average molecular weight is 426 g/mol. The number of amides is 2. The maximum atomic E-state index is 13.2. The van der Waals surface area contributed by atoms with E-state index in [2.05, 4.69) is 0 Å². The predicted molar refractivity (Wildman–Crippen MR) is 121 cm³/mol. The molecular formula is C24H27NO4S. The fraction of sp³-hybridized carbons (Fsp3) is 0.333. The topological polar surface area (TPSA) is 55.8 Å². The molecule has 0 N–H and O–H groups in total. The van der Waals surface area contributed by atoms with Crippen LogP contribution in [0.15, 0.2) is 53.4 Å². The second-order valence-electron chi connectivity index (χ2n) is 7.19. The zero-order chi connectivity index (χ0) is 21.7. The van der Waals surface area contributed by atoms with Crippen molar-refractivity contribution in [3.63, 3.8) is 0 Å². The summed E-state index contributed by atoms with van der Waals surface area (Å²) in [5.74, 6) is 1.08. The van der Waals surface area contributed by atoms with Crippen molar-refractivity contribution in [3.8, 4) is 11.5 Å². The molecule has 6 heteroatoms.